The molecule has 0 aliphatic carbocycles. The first-order chi connectivity index (χ1) is 6.22. The van der Waals surface area contributed by atoms with E-state index in [1.165, 1.54) is 4.90 Å². The Bertz CT molecular complexity index is 359. The lowest BCUT2D eigenvalue weighted by molar-refractivity contribution is -0.112. The number of carbonyl (C=O) groups excluding carboxylic acids is 1. The molecule has 0 radical (unpaired) electrons. The number of benzene rings is 1. The zero-order valence-electron chi connectivity index (χ0n) is 7.20. The van der Waals surface area contributed by atoms with E-state index in [1.807, 2.05) is 30.5 Å². The van der Waals surface area contributed by atoms with E-state index in [1.54, 1.807) is 11.8 Å². The molecule has 66 valence electrons. The average Bonchev–Trinajstić information content (AvgIpc) is 2.15. The molecule has 3 heteroatoms. The first-order valence-electron chi connectivity index (χ1n) is 3.68. The number of amides is 1. The van der Waals surface area contributed by atoms with Gasteiger partial charge in [-0.1, -0.05) is 5.92 Å². The molecule has 0 saturated carbocycles. The molecule has 2 nitrogen and oxygen atoms in total. The lowest BCUT2D eigenvalue weighted by Gasteiger charge is -1.94. The molecular weight excluding hydrogens is 182 g/mol. The molecule has 13 heavy (non-hydrogen) atoms. The summed E-state index contributed by atoms with van der Waals surface area (Å²) in [6, 6.07) is 7.63. The number of primary amides is 1. The van der Waals surface area contributed by atoms with Crippen molar-refractivity contribution in [3.8, 4) is 11.8 Å². The van der Waals surface area contributed by atoms with Gasteiger partial charge in [-0.3, -0.25) is 4.79 Å². The van der Waals surface area contributed by atoms with Crippen molar-refractivity contribution in [2.75, 3.05) is 6.26 Å². The molecule has 0 aromatic heterocycles. The van der Waals surface area contributed by atoms with Crippen LogP contribution in [0.4, 0.5) is 0 Å². The van der Waals surface area contributed by atoms with Crippen molar-refractivity contribution in [1.29, 1.82) is 0 Å². The Hall–Kier alpha value is -1.40. The summed E-state index contributed by atoms with van der Waals surface area (Å²) >= 11 is 1.66. The molecule has 1 aromatic rings. The highest BCUT2D eigenvalue weighted by molar-refractivity contribution is 7.98. The Labute approximate surface area is 81.5 Å². The van der Waals surface area contributed by atoms with Gasteiger partial charge in [0.25, 0.3) is 5.91 Å². The van der Waals surface area contributed by atoms with Gasteiger partial charge in [-0.2, -0.15) is 0 Å². The number of nitrogens with two attached hydrogens (primary N) is 1. The van der Waals surface area contributed by atoms with Crippen molar-refractivity contribution in [2.45, 2.75) is 4.90 Å². The van der Waals surface area contributed by atoms with Crippen LogP contribution in [0, 0.1) is 11.8 Å². The second-order valence-electron chi connectivity index (χ2n) is 2.34. The van der Waals surface area contributed by atoms with Gasteiger partial charge in [0.05, 0.1) is 0 Å². The Morgan fingerprint density at radius 1 is 1.38 bits per heavy atom. The van der Waals surface area contributed by atoms with Crippen LogP contribution in [0.25, 0.3) is 0 Å². The highest BCUT2D eigenvalue weighted by atomic mass is 32.2. The van der Waals surface area contributed by atoms with Gasteiger partial charge in [0.15, 0.2) is 0 Å². The molecule has 1 amide bonds. The minimum Gasteiger partial charge on any atom is -0.359 e. The molecule has 0 fully saturated rings. The Balaban J connectivity index is 2.83. The SMILES string of the molecule is CSc1ccc(C#CC(N)=O)cc1. The third-order valence-electron chi connectivity index (χ3n) is 1.42. The molecule has 1 aromatic carbocycles. The number of hydrogen-bond donors (Lipinski definition) is 1. The van der Waals surface area contributed by atoms with Crippen LogP contribution in [0.2, 0.25) is 0 Å². The van der Waals surface area contributed by atoms with E-state index < -0.39 is 5.91 Å². The van der Waals surface area contributed by atoms with E-state index in [-0.39, 0.29) is 0 Å². The summed E-state index contributed by atoms with van der Waals surface area (Å²) < 4.78 is 0. The van der Waals surface area contributed by atoms with E-state index in [9.17, 15) is 4.79 Å². The summed E-state index contributed by atoms with van der Waals surface area (Å²) in [7, 11) is 0. The maximum absolute atomic E-state index is 10.3. The van der Waals surface area contributed by atoms with Gasteiger partial charge >= 0.3 is 0 Å². The fraction of sp³-hybridized carbons (Fsp3) is 0.100. The second-order valence-corrected chi connectivity index (χ2v) is 3.22. The van der Waals surface area contributed by atoms with Crippen molar-refractivity contribution >= 4 is 17.7 Å². The van der Waals surface area contributed by atoms with Crippen LogP contribution < -0.4 is 5.73 Å². The molecule has 0 saturated heterocycles. The highest BCUT2D eigenvalue weighted by Gasteiger charge is 1.89. The van der Waals surface area contributed by atoms with Crippen molar-refractivity contribution in [3.05, 3.63) is 29.8 Å². The van der Waals surface area contributed by atoms with Crippen LogP contribution in [0.3, 0.4) is 0 Å². The van der Waals surface area contributed by atoms with Crippen LogP contribution in [-0.4, -0.2) is 12.2 Å². The van der Waals surface area contributed by atoms with Gasteiger partial charge in [-0.25, -0.2) is 0 Å². The van der Waals surface area contributed by atoms with E-state index >= 15 is 0 Å². The van der Waals surface area contributed by atoms with Gasteiger partial charge in [-0.05, 0) is 36.4 Å². The monoisotopic (exact) mass is 191 g/mol. The number of thioether (sulfide) groups is 1. The number of hydrogen-bond acceptors (Lipinski definition) is 2. The van der Waals surface area contributed by atoms with Crippen molar-refractivity contribution in [1.82, 2.24) is 0 Å². The summed E-state index contributed by atoms with van der Waals surface area (Å²) in [5.41, 5.74) is 5.68. The molecule has 0 heterocycles. The van der Waals surface area contributed by atoms with Crippen LogP contribution >= 0.6 is 11.8 Å². The molecule has 0 bridgehead atoms. The number of carbonyl (C=O) groups is 1. The van der Waals surface area contributed by atoms with Crippen LogP contribution in [0.15, 0.2) is 29.2 Å². The molecule has 0 unspecified atom stereocenters. The predicted octanol–water partition coefficient (Wildman–Crippen LogP) is 1.25. The summed E-state index contributed by atoms with van der Waals surface area (Å²) in [4.78, 5) is 11.5. The van der Waals surface area contributed by atoms with E-state index in [2.05, 4.69) is 11.8 Å². The molecule has 0 aliphatic heterocycles. The van der Waals surface area contributed by atoms with Gasteiger partial charge in [0.2, 0.25) is 0 Å². The van der Waals surface area contributed by atoms with Gasteiger partial charge in [-0.15, -0.1) is 11.8 Å². The Morgan fingerprint density at radius 3 is 2.46 bits per heavy atom. The molecule has 0 spiro atoms. The third kappa shape index (κ3) is 3.22. The van der Waals surface area contributed by atoms with Crippen molar-refractivity contribution in [3.63, 3.8) is 0 Å². The lowest BCUT2D eigenvalue weighted by atomic mass is 10.2. The van der Waals surface area contributed by atoms with Crippen LogP contribution in [0.5, 0.6) is 0 Å². The van der Waals surface area contributed by atoms with Gasteiger partial charge < -0.3 is 5.73 Å². The Morgan fingerprint density at radius 2 is 2.00 bits per heavy atom. The quantitative estimate of drug-likeness (QED) is 0.536. The number of rotatable bonds is 1. The predicted molar refractivity (Wildman–Crippen MR) is 54.3 cm³/mol. The standard InChI is InChI=1S/C10H9NOS/c1-13-9-5-2-8(3-6-9)4-7-10(11)12/h2-3,5-6H,1H3,(H2,11,12). The topological polar surface area (TPSA) is 43.1 Å². The maximum atomic E-state index is 10.3. The summed E-state index contributed by atoms with van der Waals surface area (Å²) in [6.45, 7) is 0. The largest absolute Gasteiger partial charge is 0.359 e. The highest BCUT2D eigenvalue weighted by Crippen LogP contribution is 2.13. The summed E-state index contributed by atoms with van der Waals surface area (Å²) in [5.74, 6) is 4.34. The normalized spacial score (nSPS) is 8.69. The van der Waals surface area contributed by atoms with Crippen molar-refractivity contribution in [2.24, 2.45) is 5.73 Å². The summed E-state index contributed by atoms with van der Waals surface area (Å²) in [5, 5.41) is 0. The van der Waals surface area contributed by atoms with Crippen LogP contribution in [-0.2, 0) is 4.79 Å². The smallest absolute Gasteiger partial charge is 0.293 e. The molecule has 0 atom stereocenters. The maximum Gasteiger partial charge on any atom is 0.293 e. The molecule has 2 N–H and O–H groups in total. The van der Waals surface area contributed by atoms with Gasteiger partial charge in [0, 0.05) is 10.5 Å². The van der Waals surface area contributed by atoms with Crippen molar-refractivity contribution < 1.29 is 4.79 Å². The van der Waals surface area contributed by atoms with E-state index in [0.717, 1.165) is 5.56 Å². The fourth-order valence-electron chi connectivity index (χ4n) is 0.808. The fourth-order valence-corrected chi connectivity index (χ4v) is 1.22. The van der Waals surface area contributed by atoms with Crippen LogP contribution in [0.1, 0.15) is 5.56 Å². The average molecular weight is 191 g/mol. The van der Waals surface area contributed by atoms with Gasteiger partial charge in [0.1, 0.15) is 0 Å². The lowest BCUT2D eigenvalue weighted by Crippen LogP contribution is -2.06. The first-order valence-corrected chi connectivity index (χ1v) is 4.90. The zero-order chi connectivity index (χ0) is 9.68. The zero-order valence-corrected chi connectivity index (χ0v) is 8.02. The second kappa shape index (κ2) is 4.58. The molecule has 1 rings (SSSR count). The van der Waals surface area contributed by atoms with E-state index in [4.69, 9.17) is 5.73 Å². The Kier molecular flexibility index (Phi) is 3.41. The summed E-state index contributed by atoms with van der Waals surface area (Å²) in [6.07, 6.45) is 2.00. The third-order valence-corrected chi connectivity index (χ3v) is 2.16. The first kappa shape index (κ1) is 9.69. The molecular formula is C10H9NOS. The molecule has 0 aliphatic rings. The van der Waals surface area contributed by atoms with E-state index in [0.29, 0.717) is 0 Å². The minimum absolute atomic E-state index is 0.603. The minimum atomic E-state index is -0.603.